The van der Waals surface area contributed by atoms with Crippen molar-refractivity contribution in [2.75, 3.05) is 5.32 Å². The molecule has 0 atom stereocenters. The number of nitrogens with zero attached hydrogens (tertiary/aromatic N) is 3. The van der Waals surface area contributed by atoms with Crippen LogP contribution in [0.15, 0.2) is 35.6 Å². The monoisotopic (exact) mass is 278 g/mol. The van der Waals surface area contributed by atoms with Gasteiger partial charge in [0.05, 0.1) is 6.20 Å². The van der Waals surface area contributed by atoms with Gasteiger partial charge >= 0.3 is 6.01 Å². The first-order chi connectivity index (χ1) is 9.70. The van der Waals surface area contributed by atoms with Gasteiger partial charge in [-0.05, 0) is 13.0 Å². The first-order valence-electron chi connectivity index (χ1n) is 5.85. The van der Waals surface area contributed by atoms with Crippen molar-refractivity contribution in [3.05, 3.63) is 47.7 Å². The normalized spacial score (nSPS) is 10.8. The molecule has 0 saturated heterocycles. The van der Waals surface area contributed by atoms with Crippen molar-refractivity contribution < 1.29 is 13.6 Å². The summed E-state index contributed by atoms with van der Waals surface area (Å²) in [5.74, 6) is -1.11. The summed E-state index contributed by atoms with van der Waals surface area (Å²) in [6.45, 7) is 1.75. The van der Waals surface area contributed by atoms with Crippen LogP contribution in [0.4, 0.5) is 14.6 Å². The molecule has 2 rings (SSSR count). The smallest absolute Gasteiger partial charge is 0.347 e. The molecule has 104 valence electrons. The minimum atomic E-state index is -0.658. The van der Waals surface area contributed by atoms with Gasteiger partial charge in [-0.2, -0.15) is 9.97 Å². The molecule has 1 aromatic heterocycles. The zero-order valence-corrected chi connectivity index (χ0v) is 10.7. The Hall–Kier alpha value is -2.57. The predicted octanol–water partition coefficient (Wildman–Crippen LogP) is 2.75. The van der Waals surface area contributed by atoms with E-state index >= 15 is 0 Å². The summed E-state index contributed by atoms with van der Waals surface area (Å²) >= 11 is 0. The molecule has 0 radical (unpaired) electrons. The number of hydrogen-bond donors (Lipinski definition) is 1. The lowest BCUT2D eigenvalue weighted by molar-refractivity contribution is 0.313. The van der Waals surface area contributed by atoms with Crippen LogP contribution in [0.25, 0.3) is 0 Å². The molecule has 5 nitrogen and oxygen atoms in total. The van der Waals surface area contributed by atoms with Crippen LogP contribution < -0.4 is 10.2 Å². The summed E-state index contributed by atoms with van der Waals surface area (Å²) < 4.78 is 26.9. The molecule has 0 saturated carbocycles. The predicted molar refractivity (Wildman–Crippen MR) is 70.5 cm³/mol. The number of hydrogen-bond acceptors (Lipinski definition) is 5. The molecule has 0 aliphatic heterocycles. The Balaban J connectivity index is 2.10. The van der Waals surface area contributed by atoms with Crippen LogP contribution >= 0.6 is 0 Å². The van der Waals surface area contributed by atoms with E-state index in [9.17, 15) is 8.78 Å². The van der Waals surface area contributed by atoms with Gasteiger partial charge in [-0.25, -0.2) is 8.78 Å². The van der Waals surface area contributed by atoms with E-state index in [0.717, 1.165) is 6.20 Å². The fourth-order valence-electron chi connectivity index (χ4n) is 1.44. The maximum atomic E-state index is 13.5. The number of rotatable bonds is 5. The van der Waals surface area contributed by atoms with Crippen LogP contribution in [0.1, 0.15) is 12.5 Å². The molecule has 0 fully saturated rings. The first kappa shape index (κ1) is 13.9. The minimum Gasteiger partial charge on any atom is -0.363 e. The van der Waals surface area contributed by atoms with E-state index in [0.29, 0.717) is 5.56 Å². The third-order valence-electron chi connectivity index (χ3n) is 2.37. The lowest BCUT2D eigenvalue weighted by atomic mass is 10.2. The lowest BCUT2D eigenvalue weighted by Gasteiger charge is -2.07. The molecule has 1 heterocycles. The quantitative estimate of drug-likeness (QED) is 0.675. The maximum Gasteiger partial charge on any atom is 0.347 e. The second-order valence-electron chi connectivity index (χ2n) is 3.75. The molecule has 1 aromatic carbocycles. The molecule has 0 unspecified atom stereocenters. The Morgan fingerprint density at radius 2 is 2.10 bits per heavy atom. The molecule has 1 N–H and O–H groups in total. The number of anilines is 1. The number of aromatic nitrogens is 2. The van der Waals surface area contributed by atoms with Crippen LogP contribution in [0.5, 0.6) is 6.01 Å². The highest BCUT2D eigenvalue weighted by molar-refractivity contribution is 5.52. The molecular formula is C13H12F2N4O. The highest BCUT2D eigenvalue weighted by Gasteiger charge is 2.08. The fraction of sp³-hybridized carbons (Fsp3) is 0.154. The standard InChI is InChI=1S/C13H12F2N4O/c1-2-18-20-13-17-8-11(15)12(19-13)16-7-9-5-3-4-6-10(9)14/h2-6,8H,7H2,1H3,(H,16,17,19). The molecular weight excluding hydrogens is 266 g/mol. The van der Waals surface area contributed by atoms with Crippen molar-refractivity contribution in [3.8, 4) is 6.01 Å². The SMILES string of the molecule is CC=NOc1ncc(F)c(NCc2ccccc2F)n1. The van der Waals surface area contributed by atoms with Gasteiger partial charge in [-0.3, -0.25) is 0 Å². The van der Waals surface area contributed by atoms with Crippen LogP contribution in [0.2, 0.25) is 0 Å². The summed E-state index contributed by atoms with van der Waals surface area (Å²) in [5, 5.41) is 6.17. The van der Waals surface area contributed by atoms with Gasteiger partial charge < -0.3 is 10.2 Å². The van der Waals surface area contributed by atoms with Crippen molar-refractivity contribution in [3.63, 3.8) is 0 Å². The van der Waals surface area contributed by atoms with Crippen LogP contribution in [0.3, 0.4) is 0 Å². The van der Waals surface area contributed by atoms with E-state index < -0.39 is 5.82 Å². The highest BCUT2D eigenvalue weighted by Crippen LogP contribution is 2.15. The first-order valence-corrected chi connectivity index (χ1v) is 5.85. The van der Waals surface area contributed by atoms with Crippen LogP contribution in [-0.4, -0.2) is 16.2 Å². The van der Waals surface area contributed by atoms with Gasteiger partial charge in [0.25, 0.3) is 0 Å². The molecule has 7 heteroatoms. The van der Waals surface area contributed by atoms with E-state index in [1.54, 1.807) is 25.1 Å². The molecule has 20 heavy (non-hydrogen) atoms. The van der Waals surface area contributed by atoms with Crippen LogP contribution in [-0.2, 0) is 6.54 Å². The summed E-state index contributed by atoms with van der Waals surface area (Å²) in [6.07, 6.45) is 2.36. The molecule has 0 aliphatic carbocycles. The van der Waals surface area contributed by atoms with E-state index in [1.807, 2.05) is 0 Å². The molecule has 0 spiro atoms. The van der Waals surface area contributed by atoms with Crippen molar-refractivity contribution in [2.24, 2.45) is 5.16 Å². The van der Waals surface area contributed by atoms with Gasteiger partial charge in [0.15, 0.2) is 11.6 Å². The largest absolute Gasteiger partial charge is 0.363 e. The fourth-order valence-corrected chi connectivity index (χ4v) is 1.44. The van der Waals surface area contributed by atoms with Gasteiger partial charge in [-0.15, -0.1) is 0 Å². The maximum absolute atomic E-state index is 13.5. The van der Waals surface area contributed by atoms with Crippen LogP contribution in [0, 0.1) is 11.6 Å². The number of oxime groups is 1. The van der Waals surface area contributed by atoms with Gasteiger partial charge in [0.1, 0.15) is 5.82 Å². The Morgan fingerprint density at radius 1 is 1.30 bits per heavy atom. The average molecular weight is 278 g/mol. The van der Waals surface area contributed by atoms with Crippen molar-refractivity contribution in [1.82, 2.24) is 9.97 Å². The number of halogens is 2. The number of nitrogens with one attached hydrogen (secondary N) is 1. The molecule has 2 aromatic rings. The van der Waals surface area contributed by atoms with E-state index in [4.69, 9.17) is 4.84 Å². The van der Waals surface area contributed by atoms with Gasteiger partial charge in [0.2, 0.25) is 0 Å². The Bertz CT molecular complexity index is 619. The van der Waals surface area contributed by atoms with Crippen molar-refractivity contribution in [2.45, 2.75) is 13.5 Å². The summed E-state index contributed by atoms with van der Waals surface area (Å²) in [7, 11) is 0. The average Bonchev–Trinajstić information content (AvgIpc) is 2.46. The zero-order valence-electron chi connectivity index (χ0n) is 10.7. The topological polar surface area (TPSA) is 59.4 Å². The Morgan fingerprint density at radius 3 is 2.85 bits per heavy atom. The zero-order chi connectivity index (χ0) is 14.4. The van der Waals surface area contributed by atoms with E-state index in [-0.39, 0.29) is 24.2 Å². The van der Waals surface area contributed by atoms with Crippen molar-refractivity contribution in [1.29, 1.82) is 0 Å². The Kier molecular flexibility index (Phi) is 4.54. The summed E-state index contributed by atoms with van der Waals surface area (Å²) in [4.78, 5) is 12.2. The lowest BCUT2D eigenvalue weighted by Crippen LogP contribution is -2.06. The molecule has 0 bridgehead atoms. The summed E-state index contributed by atoms with van der Waals surface area (Å²) in [5.41, 5.74) is 0.402. The Labute approximate surface area is 114 Å². The summed E-state index contributed by atoms with van der Waals surface area (Å²) in [6, 6.07) is 6.11. The second kappa shape index (κ2) is 6.55. The minimum absolute atomic E-state index is 0.0791. The van der Waals surface area contributed by atoms with Gasteiger partial charge in [-0.1, -0.05) is 23.4 Å². The van der Waals surface area contributed by atoms with Gasteiger partial charge in [0, 0.05) is 18.3 Å². The third kappa shape index (κ3) is 3.47. The second-order valence-corrected chi connectivity index (χ2v) is 3.75. The van der Waals surface area contributed by atoms with E-state index in [2.05, 4.69) is 20.4 Å². The van der Waals surface area contributed by atoms with E-state index in [1.165, 1.54) is 12.3 Å². The molecule has 0 aliphatic rings. The molecule has 0 amide bonds. The van der Waals surface area contributed by atoms with Crippen molar-refractivity contribution >= 4 is 12.0 Å². The third-order valence-corrected chi connectivity index (χ3v) is 2.37. The number of benzene rings is 1. The highest BCUT2D eigenvalue weighted by atomic mass is 19.1.